The predicted molar refractivity (Wildman–Crippen MR) is 77.9 cm³/mol. The number of hydrogen-bond acceptors (Lipinski definition) is 4. The van der Waals surface area contributed by atoms with E-state index in [0.29, 0.717) is 51.9 Å². The topological polar surface area (TPSA) is 74.8 Å². The summed E-state index contributed by atoms with van der Waals surface area (Å²) in [6, 6.07) is 0. The van der Waals surface area contributed by atoms with E-state index in [1.165, 1.54) is 0 Å². The Morgan fingerprint density at radius 3 is 1.36 bits per heavy atom. The molecule has 0 aromatic heterocycles. The number of amides is 2. The number of hydrogen-bond donors (Lipinski definition) is 0. The van der Waals surface area contributed by atoms with E-state index in [0.717, 1.165) is 12.8 Å². The van der Waals surface area contributed by atoms with Crippen molar-refractivity contribution in [3.05, 3.63) is 0 Å². The first-order valence-corrected chi connectivity index (χ1v) is 8.21. The van der Waals surface area contributed by atoms with Crippen molar-refractivity contribution < 1.29 is 19.2 Å². The fourth-order valence-corrected chi connectivity index (χ4v) is 3.74. The highest BCUT2D eigenvalue weighted by Crippen LogP contribution is 2.26. The monoisotopic (exact) mass is 306 g/mol. The maximum Gasteiger partial charge on any atom is 0.233 e. The molecule has 6 nitrogen and oxygen atoms in total. The largest absolute Gasteiger partial charge is 0.339 e. The van der Waals surface area contributed by atoms with Crippen LogP contribution in [0.25, 0.3) is 0 Å². The second-order valence-corrected chi connectivity index (χ2v) is 6.47. The lowest BCUT2D eigenvalue weighted by Gasteiger charge is -2.36. The summed E-state index contributed by atoms with van der Waals surface area (Å²) in [5, 5.41) is 0. The molecule has 3 rings (SSSR count). The SMILES string of the molecule is O=C1CCCC1C(=O)N1CCN(C(=O)C2CCCC2=O)CC1. The zero-order valence-corrected chi connectivity index (χ0v) is 12.8. The molecular formula is C16H22N2O4. The van der Waals surface area contributed by atoms with Gasteiger partial charge in [-0.05, 0) is 25.7 Å². The van der Waals surface area contributed by atoms with E-state index in [1.54, 1.807) is 9.80 Å². The smallest absolute Gasteiger partial charge is 0.233 e. The van der Waals surface area contributed by atoms with Gasteiger partial charge in [0.25, 0.3) is 0 Å². The molecule has 3 fully saturated rings. The minimum absolute atomic E-state index is 0.0556. The van der Waals surface area contributed by atoms with Crippen LogP contribution in [0.15, 0.2) is 0 Å². The predicted octanol–water partition coefficient (Wildman–Crippen LogP) is 0.396. The van der Waals surface area contributed by atoms with Crippen LogP contribution in [0, 0.1) is 11.8 Å². The Morgan fingerprint density at radius 1 is 0.727 bits per heavy atom. The average Bonchev–Trinajstić information content (AvgIpc) is 3.14. The molecule has 6 heteroatoms. The third kappa shape index (κ3) is 2.78. The van der Waals surface area contributed by atoms with E-state index >= 15 is 0 Å². The van der Waals surface area contributed by atoms with Crippen molar-refractivity contribution in [1.82, 2.24) is 9.80 Å². The third-order valence-corrected chi connectivity index (χ3v) is 5.11. The Labute approximate surface area is 129 Å². The summed E-state index contributed by atoms with van der Waals surface area (Å²) in [5.74, 6) is -0.962. The van der Waals surface area contributed by atoms with Crippen molar-refractivity contribution in [3.8, 4) is 0 Å². The Bertz CT molecular complexity index is 462. The summed E-state index contributed by atoms with van der Waals surface area (Å²) in [6.45, 7) is 1.87. The Hall–Kier alpha value is -1.72. The second kappa shape index (κ2) is 6.18. The first-order chi connectivity index (χ1) is 10.6. The minimum Gasteiger partial charge on any atom is -0.339 e. The number of nitrogens with zero attached hydrogens (tertiary/aromatic N) is 2. The van der Waals surface area contributed by atoms with Crippen LogP contribution in [0.1, 0.15) is 38.5 Å². The van der Waals surface area contributed by atoms with Gasteiger partial charge in [0.05, 0.1) is 11.8 Å². The van der Waals surface area contributed by atoms with E-state index in [9.17, 15) is 19.2 Å². The van der Waals surface area contributed by atoms with Gasteiger partial charge >= 0.3 is 0 Å². The summed E-state index contributed by atoms with van der Waals surface area (Å²) >= 11 is 0. The van der Waals surface area contributed by atoms with Crippen molar-refractivity contribution in [2.75, 3.05) is 26.2 Å². The fraction of sp³-hybridized carbons (Fsp3) is 0.750. The van der Waals surface area contributed by atoms with E-state index in [2.05, 4.69) is 0 Å². The molecule has 0 aromatic rings. The van der Waals surface area contributed by atoms with E-state index in [1.807, 2.05) is 0 Å². The second-order valence-electron chi connectivity index (χ2n) is 6.47. The summed E-state index contributed by atoms with van der Waals surface area (Å²) in [5.41, 5.74) is 0. The van der Waals surface area contributed by atoms with Gasteiger partial charge in [-0.3, -0.25) is 19.2 Å². The molecule has 0 spiro atoms. The van der Waals surface area contributed by atoms with Crippen LogP contribution in [-0.4, -0.2) is 59.4 Å². The van der Waals surface area contributed by atoms with Gasteiger partial charge in [-0.25, -0.2) is 0 Å². The Balaban J connectivity index is 1.54. The van der Waals surface area contributed by atoms with Gasteiger partial charge in [-0.2, -0.15) is 0 Å². The highest BCUT2D eigenvalue weighted by atomic mass is 16.2. The highest BCUT2D eigenvalue weighted by Gasteiger charge is 2.38. The number of Topliss-reactive ketones (excluding diaryl/α,β-unsaturated/α-hetero) is 2. The van der Waals surface area contributed by atoms with Crippen LogP contribution < -0.4 is 0 Å². The van der Waals surface area contributed by atoms with Gasteiger partial charge in [0.2, 0.25) is 11.8 Å². The van der Waals surface area contributed by atoms with Crippen LogP contribution in [0.4, 0.5) is 0 Å². The number of carbonyl (C=O) groups is 4. The maximum atomic E-state index is 12.3. The normalized spacial score (nSPS) is 29.3. The van der Waals surface area contributed by atoms with Crippen LogP contribution in [-0.2, 0) is 19.2 Å². The molecule has 22 heavy (non-hydrogen) atoms. The number of piperazine rings is 1. The average molecular weight is 306 g/mol. The molecule has 120 valence electrons. The molecule has 0 radical (unpaired) electrons. The lowest BCUT2D eigenvalue weighted by Crippen LogP contribution is -2.53. The number of carbonyl (C=O) groups excluding carboxylic acids is 4. The zero-order chi connectivity index (χ0) is 15.7. The lowest BCUT2D eigenvalue weighted by atomic mass is 10.0. The molecule has 3 aliphatic rings. The maximum absolute atomic E-state index is 12.3. The van der Waals surface area contributed by atoms with Crippen LogP contribution >= 0.6 is 0 Å². The van der Waals surface area contributed by atoms with Crippen molar-refractivity contribution in [2.45, 2.75) is 38.5 Å². The minimum atomic E-state index is -0.460. The van der Waals surface area contributed by atoms with Crippen molar-refractivity contribution in [2.24, 2.45) is 11.8 Å². The molecule has 1 saturated heterocycles. The molecule has 1 heterocycles. The van der Waals surface area contributed by atoms with Gasteiger partial charge in [-0.15, -0.1) is 0 Å². The molecule has 2 saturated carbocycles. The molecule has 2 amide bonds. The van der Waals surface area contributed by atoms with E-state index < -0.39 is 11.8 Å². The van der Waals surface area contributed by atoms with Crippen molar-refractivity contribution >= 4 is 23.4 Å². The summed E-state index contributed by atoms with van der Waals surface area (Å²) in [6.07, 6.45) is 3.95. The molecule has 0 bridgehead atoms. The molecule has 2 unspecified atom stereocenters. The van der Waals surface area contributed by atoms with Gasteiger partial charge < -0.3 is 9.80 Å². The highest BCUT2D eigenvalue weighted by molar-refractivity contribution is 6.03. The summed E-state index contributed by atoms with van der Waals surface area (Å²) in [7, 11) is 0. The number of ketones is 2. The van der Waals surface area contributed by atoms with Gasteiger partial charge in [-0.1, -0.05) is 0 Å². The van der Waals surface area contributed by atoms with E-state index in [4.69, 9.17) is 0 Å². The Kier molecular flexibility index (Phi) is 4.27. The third-order valence-electron chi connectivity index (χ3n) is 5.11. The molecule has 1 aliphatic heterocycles. The molecular weight excluding hydrogens is 284 g/mol. The lowest BCUT2D eigenvalue weighted by molar-refractivity contribution is -0.147. The van der Waals surface area contributed by atoms with Crippen molar-refractivity contribution in [3.63, 3.8) is 0 Å². The van der Waals surface area contributed by atoms with Gasteiger partial charge in [0, 0.05) is 39.0 Å². The first-order valence-electron chi connectivity index (χ1n) is 8.21. The van der Waals surface area contributed by atoms with Crippen LogP contribution in [0.3, 0.4) is 0 Å². The molecule has 2 atom stereocenters. The first kappa shape index (κ1) is 15.2. The molecule has 0 aromatic carbocycles. The Morgan fingerprint density at radius 2 is 1.09 bits per heavy atom. The van der Waals surface area contributed by atoms with Gasteiger partial charge in [0.1, 0.15) is 11.6 Å². The van der Waals surface area contributed by atoms with Gasteiger partial charge in [0.15, 0.2) is 0 Å². The summed E-state index contributed by atoms with van der Waals surface area (Å²) in [4.78, 5) is 51.5. The van der Waals surface area contributed by atoms with E-state index in [-0.39, 0.29) is 23.4 Å². The quantitative estimate of drug-likeness (QED) is 0.692. The zero-order valence-electron chi connectivity index (χ0n) is 12.8. The van der Waals surface area contributed by atoms with Crippen molar-refractivity contribution in [1.29, 1.82) is 0 Å². The fourth-order valence-electron chi connectivity index (χ4n) is 3.74. The molecule has 0 N–H and O–H groups in total. The number of rotatable bonds is 2. The standard InChI is InChI=1S/C16H22N2O4/c19-13-5-1-3-11(13)15(21)17-7-9-18(10-8-17)16(22)12-4-2-6-14(12)20/h11-12H,1-10H2. The van der Waals surface area contributed by atoms with Crippen LogP contribution in [0.5, 0.6) is 0 Å². The summed E-state index contributed by atoms with van der Waals surface area (Å²) < 4.78 is 0. The molecule has 2 aliphatic carbocycles. The van der Waals surface area contributed by atoms with Crippen LogP contribution in [0.2, 0.25) is 0 Å².